The summed E-state index contributed by atoms with van der Waals surface area (Å²) in [6, 6.07) is 4.04. The van der Waals surface area contributed by atoms with E-state index in [9.17, 15) is 19.2 Å². The maximum atomic E-state index is 13.3. The highest BCUT2D eigenvalue weighted by atomic mass is 16.7. The first-order valence-corrected chi connectivity index (χ1v) is 17.3. The molecule has 1 aromatic carbocycles. The van der Waals surface area contributed by atoms with E-state index in [-0.39, 0.29) is 24.2 Å². The summed E-state index contributed by atoms with van der Waals surface area (Å²) in [5.41, 5.74) is 1.92. The van der Waals surface area contributed by atoms with Gasteiger partial charge in [0.1, 0.15) is 18.0 Å². The van der Waals surface area contributed by atoms with Crippen molar-refractivity contribution >= 4 is 23.7 Å². The van der Waals surface area contributed by atoms with Crippen LogP contribution >= 0.6 is 0 Å². The third-order valence-electron chi connectivity index (χ3n) is 10.1. The van der Waals surface area contributed by atoms with Crippen LogP contribution in [0.2, 0.25) is 0 Å². The Balaban J connectivity index is 1.52. The van der Waals surface area contributed by atoms with Crippen molar-refractivity contribution in [2.24, 2.45) is 23.7 Å². The lowest BCUT2D eigenvalue weighted by molar-refractivity contribution is -0.294. The summed E-state index contributed by atoms with van der Waals surface area (Å²) in [6.07, 6.45) is -0.850. The number of hydrogen-bond acceptors (Lipinski definition) is 12. The number of rotatable bonds is 11. The number of Topliss-reactive ketones (excluding diaryl/α,β-unsaturated/α-hetero) is 1. The molecule has 270 valence electrons. The van der Waals surface area contributed by atoms with Crippen molar-refractivity contribution < 1.29 is 52.3 Å². The molecule has 1 spiro atoms. The topological polar surface area (TPSA) is 136 Å². The van der Waals surface area contributed by atoms with Crippen LogP contribution in [0.3, 0.4) is 0 Å². The summed E-state index contributed by atoms with van der Waals surface area (Å²) >= 11 is 0. The van der Waals surface area contributed by atoms with E-state index in [1.54, 1.807) is 48.7 Å². The van der Waals surface area contributed by atoms with Gasteiger partial charge < -0.3 is 38.1 Å². The molecule has 5 rings (SSSR count). The lowest BCUT2D eigenvalue weighted by atomic mass is 9.69. The molecule has 0 amide bonds. The zero-order chi connectivity index (χ0) is 35.8. The van der Waals surface area contributed by atoms with Crippen LogP contribution in [0.5, 0.6) is 11.5 Å². The van der Waals surface area contributed by atoms with Crippen molar-refractivity contribution in [2.75, 3.05) is 27.8 Å². The summed E-state index contributed by atoms with van der Waals surface area (Å²) in [4.78, 5) is 54.9. The molecule has 3 heterocycles. The van der Waals surface area contributed by atoms with Crippen molar-refractivity contribution in [3.63, 3.8) is 0 Å². The smallest absolute Gasteiger partial charge is 0.339 e. The highest BCUT2D eigenvalue weighted by molar-refractivity contribution is 5.81. The van der Waals surface area contributed by atoms with Gasteiger partial charge in [-0.05, 0) is 31.6 Å². The number of nitrogens with zero attached hydrogens (tertiary/aromatic N) is 1. The Morgan fingerprint density at radius 2 is 1.63 bits per heavy atom. The minimum Gasteiger partial charge on any atom is -0.493 e. The molecular formula is C37H51NO11. The molecule has 0 saturated carbocycles. The second-order valence-corrected chi connectivity index (χ2v) is 14.6. The first-order chi connectivity index (χ1) is 23.2. The second-order valence-electron chi connectivity index (χ2n) is 14.6. The number of ether oxygens (including phenoxy) is 7. The van der Waals surface area contributed by atoms with Crippen LogP contribution in [0.25, 0.3) is 0 Å². The van der Waals surface area contributed by atoms with E-state index < -0.39 is 71.8 Å². The average molecular weight is 686 g/mol. The first kappa shape index (κ1) is 36.8. The van der Waals surface area contributed by atoms with E-state index >= 15 is 0 Å². The third kappa shape index (κ3) is 7.23. The Labute approximate surface area is 288 Å². The van der Waals surface area contributed by atoms with Crippen LogP contribution in [0.1, 0.15) is 71.9 Å². The Kier molecular flexibility index (Phi) is 11.1. The highest BCUT2D eigenvalue weighted by Crippen LogP contribution is 2.56. The predicted octanol–water partition coefficient (Wildman–Crippen LogP) is 4.14. The molecule has 4 aliphatic rings. The maximum Gasteiger partial charge on any atom is 0.339 e. The minimum absolute atomic E-state index is 0.110. The highest BCUT2D eigenvalue weighted by Gasteiger charge is 2.57. The van der Waals surface area contributed by atoms with Gasteiger partial charge >= 0.3 is 17.9 Å². The zero-order valence-corrected chi connectivity index (χ0v) is 30.1. The average Bonchev–Trinajstić information content (AvgIpc) is 3.32. The molecule has 3 aliphatic heterocycles. The van der Waals surface area contributed by atoms with Crippen molar-refractivity contribution in [3.8, 4) is 11.5 Å². The van der Waals surface area contributed by atoms with E-state index in [1.807, 2.05) is 12.1 Å². The van der Waals surface area contributed by atoms with Gasteiger partial charge in [-0.2, -0.15) is 0 Å². The normalized spacial score (nSPS) is 30.7. The Morgan fingerprint density at radius 3 is 2.24 bits per heavy atom. The number of benzene rings is 1. The van der Waals surface area contributed by atoms with Gasteiger partial charge in [-0.1, -0.05) is 59.8 Å². The summed E-state index contributed by atoms with van der Waals surface area (Å²) < 4.78 is 42.2. The fourth-order valence-electron chi connectivity index (χ4n) is 7.17. The van der Waals surface area contributed by atoms with Gasteiger partial charge in [-0.15, -0.1) is 0 Å². The Morgan fingerprint density at radius 1 is 0.959 bits per heavy atom. The van der Waals surface area contributed by atoms with Crippen molar-refractivity contribution in [3.05, 3.63) is 35.4 Å². The van der Waals surface area contributed by atoms with E-state index in [4.69, 9.17) is 33.2 Å². The lowest BCUT2D eigenvalue weighted by Gasteiger charge is -2.46. The summed E-state index contributed by atoms with van der Waals surface area (Å²) in [7, 11) is 4.93. The van der Waals surface area contributed by atoms with Crippen LogP contribution in [0.15, 0.2) is 24.3 Å². The van der Waals surface area contributed by atoms with E-state index in [0.29, 0.717) is 12.2 Å². The third-order valence-corrected chi connectivity index (χ3v) is 10.1. The van der Waals surface area contributed by atoms with E-state index in [2.05, 4.69) is 24.1 Å². The summed E-state index contributed by atoms with van der Waals surface area (Å²) in [5, 5.41) is 0. The van der Waals surface area contributed by atoms with Crippen molar-refractivity contribution in [1.82, 2.24) is 4.90 Å². The van der Waals surface area contributed by atoms with Gasteiger partial charge in [-0.3, -0.25) is 14.4 Å². The molecule has 12 nitrogen and oxygen atoms in total. The molecule has 1 aromatic rings. The van der Waals surface area contributed by atoms with Gasteiger partial charge in [0, 0.05) is 30.9 Å². The van der Waals surface area contributed by atoms with Gasteiger partial charge in [-0.25, -0.2) is 4.79 Å². The number of methoxy groups -OCH3 is 2. The van der Waals surface area contributed by atoms with Gasteiger partial charge in [0.2, 0.25) is 0 Å². The fourth-order valence-corrected chi connectivity index (χ4v) is 7.17. The maximum absolute atomic E-state index is 13.3. The van der Waals surface area contributed by atoms with Crippen LogP contribution in [0, 0.1) is 23.7 Å². The van der Waals surface area contributed by atoms with Crippen LogP contribution in [0.4, 0.5) is 0 Å². The molecule has 0 bridgehead atoms. The molecule has 0 N–H and O–H groups in total. The number of carbonyl (C=O) groups is 4. The largest absolute Gasteiger partial charge is 0.493 e. The molecule has 0 aromatic heterocycles. The summed E-state index contributed by atoms with van der Waals surface area (Å²) in [5.74, 6) is -3.11. The quantitative estimate of drug-likeness (QED) is 0.188. The molecule has 0 unspecified atom stereocenters. The van der Waals surface area contributed by atoms with Crippen LogP contribution in [-0.2, 0) is 54.8 Å². The van der Waals surface area contributed by atoms with Crippen molar-refractivity contribution in [2.45, 2.75) is 110 Å². The van der Waals surface area contributed by atoms with Crippen LogP contribution in [-0.4, -0.2) is 93.2 Å². The predicted molar refractivity (Wildman–Crippen MR) is 177 cm³/mol. The molecule has 12 heteroatoms. The molecule has 0 radical (unpaired) electrons. The molecule has 1 saturated heterocycles. The Hall–Kier alpha value is -3.48. The van der Waals surface area contributed by atoms with Gasteiger partial charge in [0.15, 0.2) is 30.0 Å². The molecular weight excluding hydrogens is 634 g/mol. The zero-order valence-electron chi connectivity index (χ0n) is 30.1. The number of hydrogen-bond donors (Lipinski definition) is 0. The molecule has 49 heavy (non-hydrogen) atoms. The lowest BCUT2D eigenvalue weighted by Crippen LogP contribution is -2.61. The van der Waals surface area contributed by atoms with Gasteiger partial charge in [0.05, 0.1) is 43.5 Å². The van der Waals surface area contributed by atoms with Crippen molar-refractivity contribution in [1.29, 1.82) is 0 Å². The molecule has 1 aliphatic carbocycles. The number of carbonyl (C=O) groups excluding carboxylic acids is 4. The monoisotopic (exact) mass is 685 g/mol. The van der Waals surface area contributed by atoms with Gasteiger partial charge in [0.25, 0.3) is 0 Å². The minimum atomic E-state index is -1.48. The SMILES string of the molecule is COC(=O)[C@H]1O[C@@H](O[C@H]2C=C[C@@]34CCN(C)Cc5ccc(OC)c(c53)O[C@H]4C2)[C@H](CC(=O)C(C)C)[C@@H](OC(=O)C(C)C)[C@@H]1OC(=O)C(C)C. The molecule has 1 fully saturated rings. The van der Waals surface area contributed by atoms with E-state index in [0.717, 1.165) is 30.8 Å². The molecule has 8 atom stereocenters. The summed E-state index contributed by atoms with van der Waals surface area (Å²) in [6.45, 7) is 11.8. The fraction of sp³-hybridized carbons (Fsp3) is 0.676. The Bertz CT molecular complexity index is 1450. The second kappa shape index (κ2) is 14.8. The number of esters is 3. The first-order valence-electron chi connectivity index (χ1n) is 17.3. The standard InChI is InChI=1S/C37H51NO11/c1-19(2)25(39)17-24-29(47-33(40)20(3)4)31(48-34(41)21(5)6)32(35(42)44-9)49-36(24)45-23-12-13-37-14-15-38(7)18-22-10-11-26(43-8)30(28(22)37)46-27(37)16-23/h10-13,19-21,23-24,27,29,31-32,36H,14-18H2,1-9H3/t23-,24+,27-,29+,31-,32-,36+,37-/m0/s1. The van der Waals surface area contributed by atoms with E-state index in [1.165, 1.54) is 12.7 Å². The van der Waals surface area contributed by atoms with Crippen LogP contribution < -0.4 is 9.47 Å². The number of ketones is 1.